The average Bonchev–Trinajstić information content (AvgIpc) is 2.30. The smallest absolute Gasteiger partial charge is 0.142 e. The average molecular weight is 219 g/mol. The topological polar surface area (TPSA) is 26.6 Å². The molecule has 87 valence electrons. The van der Waals surface area contributed by atoms with Gasteiger partial charge in [-0.25, -0.2) is 5.32 Å². The highest BCUT2D eigenvalue weighted by Gasteiger charge is 2.15. The van der Waals surface area contributed by atoms with Crippen LogP contribution in [-0.2, 0) is 0 Å². The SMILES string of the molecule is CC(C)Oc1ccccc1N1CC[N]CC1. The number of hydrogen-bond donors (Lipinski definition) is 0. The minimum atomic E-state index is 0.218. The number of rotatable bonds is 3. The molecule has 0 amide bonds. The fraction of sp³-hybridized carbons (Fsp3) is 0.538. The van der Waals surface area contributed by atoms with Crippen LogP contribution in [0.5, 0.6) is 5.75 Å². The van der Waals surface area contributed by atoms with E-state index in [2.05, 4.69) is 36.2 Å². The van der Waals surface area contributed by atoms with Crippen molar-refractivity contribution in [2.24, 2.45) is 0 Å². The van der Waals surface area contributed by atoms with Crippen molar-refractivity contribution in [3.8, 4) is 5.75 Å². The summed E-state index contributed by atoms with van der Waals surface area (Å²) >= 11 is 0. The first kappa shape index (κ1) is 11.3. The fourth-order valence-electron chi connectivity index (χ4n) is 1.92. The van der Waals surface area contributed by atoms with Crippen LogP contribution in [0.4, 0.5) is 5.69 Å². The van der Waals surface area contributed by atoms with Crippen molar-refractivity contribution in [2.45, 2.75) is 20.0 Å². The lowest BCUT2D eigenvalue weighted by molar-refractivity contribution is 0.242. The van der Waals surface area contributed by atoms with Crippen LogP contribution in [0.2, 0.25) is 0 Å². The summed E-state index contributed by atoms with van der Waals surface area (Å²) < 4.78 is 5.83. The Hall–Kier alpha value is -1.22. The molecule has 0 spiro atoms. The van der Waals surface area contributed by atoms with Gasteiger partial charge in [0.2, 0.25) is 0 Å². The number of anilines is 1. The highest BCUT2D eigenvalue weighted by atomic mass is 16.5. The Morgan fingerprint density at radius 2 is 1.88 bits per heavy atom. The number of ether oxygens (including phenoxy) is 1. The molecule has 0 saturated carbocycles. The molecule has 1 radical (unpaired) electrons. The second-order valence-corrected chi connectivity index (χ2v) is 4.29. The Morgan fingerprint density at radius 3 is 2.56 bits per heavy atom. The minimum absolute atomic E-state index is 0.218. The van der Waals surface area contributed by atoms with E-state index < -0.39 is 0 Å². The van der Waals surface area contributed by atoms with Crippen LogP contribution >= 0.6 is 0 Å². The maximum absolute atomic E-state index is 5.83. The van der Waals surface area contributed by atoms with E-state index in [0.29, 0.717) is 0 Å². The van der Waals surface area contributed by atoms with Gasteiger partial charge < -0.3 is 9.64 Å². The summed E-state index contributed by atoms with van der Waals surface area (Å²) in [6.45, 7) is 7.97. The highest BCUT2D eigenvalue weighted by molar-refractivity contribution is 5.58. The molecule has 1 aliphatic rings. The Bertz CT molecular complexity index is 332. The Kier molecular flexibility index (Phi) is 3.67. The first-order valence-corrected chi connectivity index (χ1v) is 5.91. The second kappa shape index (κ2) is 5.21. The summed E-state index contributed by atoms with van der Waals surface area (Å²) in [7, 11) is 0. The van der Waals surface area contributed by atoms with Crippen molar-refractivity contribution in [3.63, 3.8) is 0 Å². The van der Waals surface area contributed by atoms with Crippen LogP contribution in [0, 0.1) is 0 Å². The third kappa shape index (κ3) is 2.67. The molecule has 3 nitrogen and oxygen atoms in total. The van der Waals surface area contributed by atoms with Gasteiger partial charge in [0.15, 0.2) is 0 Å². The van der Waals surface area contributed by atoms with Crippen LogP contribution in [-0.4, -0.2) is 32.3 Å². The van der Waals surface area contributed by atoms with Crippen molar-refractivity contribution < 1.29 is 4.74 Å². The quantitative estimate of drug-likeness (QED) is 0.776. The molecule has 1 saturated heterocycles. The van der Waals surface area contributed by atoms with E-state index in [4.69, 9.17) is 4.74 Å². The monoisotopic (exact) mass is 219 g/mol. The number of nitrogens with zero attached hydrogens (tertiary/aromatic N) is 2. The molecule has 0 aromatic heterocycles. The van der Waals surface area contributed by atoms with Crippen LogP contribution in [0.3, 0.4) is 0 Å². The van der Waals surface area contributed by atoms with Gasteiger partial charge in [-0.3, -0.25) is 0 Å². The molecule has 16 heavy (non-hydrogen) atoms. The molecule has 0 aliphatic carbocycles. The molecular formula is C13H19N2O. The number of piperazine rings is 1. The van der Waals surface area contributed by atoms with Gasteiger partial charge in [0, 0.05) is 26.2 Å². The van der Waals surface area contributed by atoms with Crippen molar-refractivity contribution in [3.05, 3.63) is 24.3 Å². The van der Waals surface area contributed by atoms with Crippen molar-refractivity contribution >= 4 is 5.69 Å². The molecule has 0 atom stereocenters. The molecule has 1 heterocycles. The molecule has 0 N–H and O–H groups in total. The second-order valence-electron chi connectivity index (χ2n) is 4.29. The molecule has 1 fully saturated rings. The van der Waals surface area contributed by atoms with E-state index in [9.17, 15) is 0 Å². The van der Waals surface area contributed by atoms with E-state index in [1.165, 1.54) is 5.69 Å². The third-order valence-electron chi connectivity index (χ3n) is 2.62. The molecule has 1 aromatic rings. The Morgan fingerprint density at radius 1 is 1.19 bits per heavy atom. The summed E-state index contributed by atoms with van der Waals surface area (Å²) in [6, 6.07) is 8.26. The van der Waals surface area contributed by atoms with E-state index in [1.807, 2.05) is 12.1 Å². The van der Waals surface area contributed by atoms with E-state index in [1.54, 1.807) is 0 Å². The number of benzene rings is 1. The summed E-state index contributed by atoms with van der Waals surface area (Å²) in [4.78, 5) is 2.35. The zero-order valence-electron chi connectivity index (χ0n) is 10.0. The molecule has 1 aliphatic heterocycles. The van der Waals surface area contributed by atoms with Crippen LogP contribution in [0.1, 0.15) is 13.8 Å². The molecule has 2 rings (SSSR count). The van der Waals surface area contributed by atoms with E-state index in [-0.39, 0.29) is 6.10 Å². The zero-order valence-corrected chi connectivity index (χ0v) is 10.0. The Balaban J connectivity index is 2.17. The van der Waals surface area contributed by atoms with E-state index >= 15 is 0 Å². The lowest BCUT2D eigenvalue weighted by Gasteiger charge is -2.30. The van der Waals surface area contributed by atoms with E-state index in [0.717, 1.165) is 31.9 Å². The minimum Gasteiger partial charge on any atom is -0.489 e. The van der Waals surface area contributed by atoms with Crippen molar-refractivity contribution in [1.29, 1.82) is 0 Å². The van der Waals surface area contributed by atoms with Gasteiger partial charge in [0.1, 0.15) is 5.75 Å². The molecule has 3 heteroatoms. The largest absolute Gasteiger partial charge is 0.489 e. The van der Waals surface area contributed by atoms with Gasteiger partial charge in [0.25, 0.3) is 0 Å². The van der Waals surface area contributed by atoms with Gasteiger partial charge in [-0.05, 0) is 26.0 Å². The molecule has 0 unspecified atom stereocenters. The van der Waals surface area contributed by atoms with Gasteiger partial charge in [-0.1, -0.05) is 12.1 Å². The number of hydrogen-bond acceptors (Lipinski definition) is 2. The van der Waals surface area contributed by atoms with Gasteiger partial charge >= 0.3 is 0 Å². The highest BCUT2D eigenvalue weighted by Crippen LogP contribution is 2.28. The summed E-state index contributed by atoms with van der Waals surface area (Å²) in [5, 5.41) is 4.36. The normalized spacial score (nSPS) is 16.6. The summed E-state index contributed by atoms with van der Waals surface area (Å²) in [5.74, 6) is 0.986. The zero-order chi connectivity index (χ0) is 11.4. The number of para-hydroxylation sites is 2. The summed E-state index contributed by atoms with van der Waals surface area (Å²) in [6.07, 6.45) is 0.218. The van der Waals surface area contributed by atoms with Crippen molar-refractivity contribution in [1.82, 2.24) is 5.32 Å². The predicted molar refractivity (Wildman–Crippen MR) is 66.3 cm³/mol. The lowest BCUT2D eigenvalue weighted by Crippen LogP contribution is -2.40. The van der Waals surface area contributed by atoms with Crippen LogP contribution < -0.4 is 15.0 Å². The molecular weight excluding hydrogens is 200 g/mol. The lowest BCUT2D eigenvalue weighted by atomic mass is 10.2. The van der Waals surface area contributed by atoms with Crippen LogP contribution in [0.25, 0.3) is 0 Å². The summed E-state index contributed by atoms with van der Waals surface area (Å²) in [5.41, 5.74) is 1.20. The fourth-order valence-corrected chi connectivity index (χ4v) is 1.92. The van der Waals surface area contributed by atoms with Gasteiger partial charge in [-0.2, -0.15) is 0 Å². The maximum atomic E-state index is 5.83. The first-order valence-electron chi connectivity index (χ1n) is 5.91. The first-order chi connectivity index (χ1) is 7.77. The molecule has 1 aromatic carbocycles. The van der Waals surface area contributed by atoms with Gasteiger partial charge in [0.05, 0.1) is 11.8 Å². The standard InChI is InChI=1S/C13H19N2O/c1-11(2)16-13-6-4-3-5-12(13)15-9-7-14-8-10-15/h3-6,11H,7-10H2,1-2H3. The predicted octanol–water partition coefficient (Wildman–Crippen LogP) is 1.90. The Labute approximate surface area is 97.4 Å². The van der Waals surface area contributed by atoms with Gasteiger partial charge in [-0.15, -0.1) is 0 Å². The molecule has 0 bridgehead atoms. The van der Waals surface area contributed by atoms with Crippen LogP contribution in [0.15, 0.2) is 24.3 Å². The maximum Gasteiger partial charge on any atom is 0.142 e. The third-order valence-corrected chi connectivity index (χ3v) is 2.62. The van der Waals surface area contributed by atoms with Crippen molar-refractivity contribution in [2.75, 3.05) is 31.1 Å².